The first-order valence-electron chi connectivity index (χ1n) is 16.6. The molecule has 6 aromatic heterocycles. The van der Waals surface area contributed by atoms with Crippen LogP contribution >= 0.6 is 11.3 Å². The summed E-state index contributed by atoms with van der Waals surface area (Å²) in [5.74, 6) is -0.535. The highest BCUT2D eigenvalue weighted by Crippen LogP contribution is 2.37. The molecule has 7 heterocycles. The van der Waals surface area contributed by atoms with Crippen molar-refractivity contribution < 1.29 is 18.1 Å². The highest BCUT2D eigenvalue weighted by atomic mass is 32.1. The first-order chi connectivity index (χ1) is 25.5. The first kappa shape index (κ1) is 34.1. The number of anilines is 2. The molecule has 0 spiro atoms. The SMILES string of the molecule is CC1(C)OB(c2cnn3cc(-c4ccc(F)cc4)cnc23)OC1(C)C.Fc1ccc(-c2cnc3c(-c4cc(Nc5nncs5)ccn4)cnn3c2)cc1. The Morgan fingerprint density at radius 1 is 0.698 bits per heavy atom. The number of nitrogens with one attached hydrogen (secondary N) is 1. The number of halogens is 2. The molecular formula is C37H31BF2N10O2S. The van der Waals surface area contributed by atoms with Gasteiger partial charge in [0.15, 0.2) is 11.3 Å². The molecule has 8 aromatic rings. The maximum absolute atomic E-state index is 13.1. The van der Waals surface area contributed by atoms with Crippen molar-refractivity contribution in [3.63, 3.8) is 0 Å². The van der Waals surface area contributed by atoms with E-state index in [1.54, 1.807) is 69.8 Å². The number of pyridine rings is 1. The minimum atomic E-state index is -0.508. The van der Waals surface area contributed by atoms with Gasteiger partial charge in [0.2, 0.25) is 5.13 Å². The van der Waals surface area contributed by atoms with Crippen molar-refractivity contribution in [2.45, 2.75) is 38.9 Å². The zero-order valence-corrected chi connectivity index (χ0v) is 29.8. The van der Waals surface area contributed by atoms with Gasteiger partial charge in [-0.3, -0.25) is 4.98 Å². The fraction of sp³-hybridized carbons (Fsp3) is 0.162. The summed E-state index contributed by atoms with van der Waals surface area (Å²) in [7, 11) is -0.508. The fourth-order valence-electron chi connectivity index (χ4n) is 5.67. The number of fused-ring (bicyclic) bond motifs is 2. The molecule has 1 aliphatic heterocycles. The van der Waals surface area contributed by atoms with Gasteiger partial charge in [-0.05, 0) is 75.2 Å². The average Bonchev–Trinajstić information content (AvgIpc) is 3.95. The van der Waals surface area contributed by atoms with Crippen molar-refractivity contribution in [3.8, 4) is 33.5 Å². The summed E-state index contributed by atoms with van der Waals surface area (Å²) in [4.78, 5) is 13.5. The van der Waals surface area contributed by atoms with Gasteiger partial charge in [0.05, 0.1) is 34.9 Å². The highest BCUT2D eigenvalue weighted by molar-refractivity contribution is 7.13. The van der Waals surface area contributed by atoms with Gasteiger partial charge < -0.3 is 14.6 Å². The van der Waals surface area contributed by atoms with Crippen LogP contribution in [0.1, 0.15) is 27.7 Å². The summed E-state index contributed by atoms with van der Waals surface area (Å²) in [6.07, 6.45) is 12.4. The Hall–Kier alpha value is -5.97. The molecule has 0 saturated carbocycles. The molecular weight excluding hydrogens is 697 g/mol. The minimum Gasteiger partial charge on any atom is -0.399 e. The lowest BCUT2D eigenvalue weighted by molar-refractivity contribution is 0.00578. The quantitative estimate of drug-likeness (QED) is 0.178. The molecule has 0 aliphatic carbocycles. The largest absolute Gasteiger partial charge is 0.500 e. The van der Waals surface area contributed by atoms with Gasteiger partial charge in [0, 0.05) is 53.3 Å². The van der Waals surface area contributed by atoms with E-state index in [1.165, 1.54) is 35.6 Å². The Labute approximate surface area is 306 Å². The van der Waals surface area contributed by atoms with E-state index in [9.17, 15) is 8.78 Å². The van der Waals surface area contributed by atoms with E-state index in [0.29, 0.717) is 16.4 Å². The van der Waals surface area contributed by atoms with E-state index in [2.05, 4.69) is 40.7 Å². The smallest absolute Gasteiger partial charge is 0.399 e. The van der Waals surface area contributed by atoms with Gasteiger partial charge >= 0.3 is 7.12 Å². The van der Waals surface area contributed by atoms with Crippen molar-refractivity contribution in [1.29, 1.82) is 0 Å². The van der Waals surface area contributed by atoms with Crippen LogP contribution in [-0.4, -0.2) is 62.7 Å². The lowest BCUT2D eigenvalue weighted by Crippen LogP contribution is -2.41. The molecule has 1 fully saturated rings. The number of hydrogen-bond donors (Lipinski definition) is 1. The third-order valence-corrected chi connectivity index (χ3v) is 9.86. The lowest BCUT2D eigenvalue weighted by Gasteiger charge is -2.32. The third kappa shape index (κ3) is 6.86. The van der Waals surface area contributed by atoms with Crippen LogP contribution < -0.4 is 10.8 Å². The predicted molar refractivity (Wildman–Crippen MR) is 199 cm³/mol. The van der Waals surface area contributed by atoms with Gasteiger partial charge in [0.1, 0.15) is 17.1 Å². The molecule has 0 radical (unpaired) electrons. The monoisotopic (exact) mass is 728 g/mol. The van der Waals surface area contributed by atoms with Gasteiger partial charge in [-0.25, -0.2) is 27.8 Å². The molecule has 2 aromatic carbocycles. The summed E-state index contributed by atoms with van der Waals surface area (Å²) in [6.45, 7) is 8.05. The van der Waals surface area contributed by atoms with E-state index >= 15 is 0 Å². The average molecular weight is 729 g/mol. The highest BCUT2D eigenvalue weighted by Gasteiger charge is 2.52. The van der Waals surface area contributed by atoms with Crippen molar-refractivity contribution in [3.05, 3.63) is 121 Å². The van der Waals surface area contributed by atoms with Crippen LogP contribution in [0.15, 0.2) is 110 Å². The molecule has 1 aliphatic rings. The summed E-state index contributed by atoms with van der Waals surface area (Å²) >= 11 is 1.42. The van der Waals surface area contributed by atoms with Crippen molar-refractivity contribution in [2.24, 2.45) is 0 Å². The Bertz CT molecular complexity index is 2530. The van der Waals surface area contributed by atoms with Crippen LogP contribution in [0.3, 0.4) is 0 Å². The van der Waals surface area contributed by atoms with Gasteiger partial charge in [-0.1, -0.05) is 35.6 Å². The number of rotatable bonds is 6. The van der Waals surface area contributed by atoms with Crippen LogP contribution in [0.4, 0.5) is 19.6 Å². The molecule has 1 N–H and O–H groups in total. The Morgan fingerprint density at radius 3 is 1.89 bits per heavy atom. The predicted octanol–water partition coefficient (Wildman–Crippen LogP) is 7.03. The van der Waals surface area contributed by atoms with E-state index in [-0.39, 0.29) is 11.6 Å². The molecule has 12 nitrogen and oxygen atoms in total. The number of aromatic nitrogens is 9. The molecule has 1 saturated heterocycles. The lowest BCUT2D eigenvalue weighted by atomic mass is 9.81. The van der Waals surface area contributed by atoms with Gasteiger partial charge in [-0.15, -0.1) is 10.2 Å². The first-order valence-corrected chi connectivity index (χ1v) is 17.4. The van der Waals surface area contributed by atoms with Crippen LogP contribution in [-0.2, 0) is 9.31 Å². The Kier molecular flexibility index (Phi) is 8.72. The second-order valence-corrected chi connectivity index (χ2v) is 14.1. The van der Waals surface area contributed by atoms with Gasteiger partial charge in [0.25, 0.3) is 0 Å². The number of benzene rings is 2. The zero-order chi connectivity index (χ0) is 36.7. The Balaban J connectivity index is 0.000000152. The number of hydrogen-bond acceptors (Lipinski definition) is 11. The van der Waals surface area contributed by atoms with Crippen LogP contribution in [0.2, 0.25) is 0 Å². The van der Waals surface area contributed by atoms with E-state index < -0.39 is 18.3 Å². The molecule has 0 atom stereocenters. The second kappa shape index (κ2) is 13.5. The van der Waals surface area contributed by atoms with Crippen molar-refractivity contribution in [1.82, 2.24) is 44.4 Å². The van der Waals surface area contributed by atoms with Crippen LogP contribution in [0, 0.1) is 11.6 Å². The van der Waals surface area contributed by atoms with E-state index in [1.807, 2.05) is 52.2 Å². The number of nitrogens with zero attached hydrogens (tertiary/aromatic N) is 9. The standard InChI is InChI=1S/C19H12FN7S.C18H19BFN3O2/c20-14-3-1-12(2-4-14)13-8-22-18-16(9-24-27(18)10-13)17-7-15(5-6-21-17)25-19-26-23-11-28-19;1-17(2)18(3,4)25-19(24-17)15-10-22-23-11-13(9-21-16(15)23)12-5-7-14(20)8-6-12/h1-11H,(H,21,25,26);5-11H,1-4H3. The topological polar surface area (TPSA) is 130 Å². The molecule has 0 amide bonds. The molecule has 264 valence electrons. The van der Waals surface area contributed by atoms with Crippen molar-refractivity contribution in [2.75, 3.05) is 5.32 Å². The summed E-state index contributed by atoms with van der Waals surface area (Å²) < 4.78 is 41.8. The second-order valence-electron chi connectivity index (χ2n) is 13.3. The molecule has 9 rings (SSSR count). The molecule has 53 heavy (non-hydrogen) atoms. The zero-order valence-electron chi connectivity index (χ0n) is 29.0. The maximum atomic E-state index is 13.1. The molecule has 16 heteroatoms. The normalized spacial score (nSPS) is 14.7. The van der Waals surface area contributed by atoms with Gasteiger partial charge in [-0.2, -0.15) is 10.2 Å². The summed E-state index contributed by atoms with van der Waals surface area (Å²) in [5, 5.41) is 20.5. The van der Waals surface area contributed by atoms with E-state index in [4.69, 9.17) is 9.31 Å². The molecule has 0 unspecified atom stereocenters. The van der Waals surface area contributed by atoms with Crippen molar-refractivity contribution >= 4 is 46.0 Å². The van der Waals surface area contributed by atoms with Crippen LogP contribution in [0.25, 0.3) is 44.8 Å². The van der Waals surface area contributed by atoms with Crippen LogP contribution in [0.5, 0.6) is 0 Å². The molecule has 0 bridgehead atoms. The summed E-state index contributed by atoms with van der Waals surface area (Å²) in [5.41, 5.74) is 8.86. The maximum Gasteiger partial charge on any atom is 0.500 e. The Morgan fingerprint density at radius 2 is 1.28 bits per heavy atom. The van der Waals surface area contributed by atoms with E-state index in [0.717, 1.165) is 44.7 Å². The minimum absolute atomic E-state index is 0.264. The summed E-state index contributed by atoms with van der Waals surface area (Å²) in [6, 6.07) is 16.3. The fourth-order valence-corrected chi connectivity index (χ4v) is 6.14. The third-order valence-electron chi connectivity index (χ3n) is 9.25.